The molecular formula is C10H18O5S. The number of hydrogen-bond donors (Lipinski definition) is 1. The van der Waals surface area contributed by atoms with Crippen molar-refractivity contribution >= 4 is 15.8 Å². The van der Waals surface area contributed by atoms with E-state index in [0.29, 0.717) is 13.0 Å². The standard InChI is InChI=1S/C10H18O5S/c1-3-15-7-10(9(11)12)5-8(10)6-16(13,14)4-2/h8H,3-7H2,1-2H3,(H,11,12)/t8-,10-/m1/s1. The molecule has 2 atom stereocenters. The normalized spacial score (nSPS) is 29.0. The van der Waals surface area contributed by atoms with Gasteiger partial charge in [0.15, 0.2) is 0 Å². The second-order valence-electron chi connectivity index (χ2n) is 4.20. The summed E-state index contributed by atoms with van der Waals surface area (Å²) in [5, 5.41) is 9.10. The van der Waals surface area contributed by atoms with Gasteiger partial charge in [0.1, 0.15) is 9.84 Å². The van der Waals surface area contributed by atoms with Crippen LogP contribution in [0, 0.1) is 11.3 Å². The van der Waals surface area contributed by atoms with Gasteiger partial charge in [-0.15, -0.1) is 0 Å². The molecule has 1 fully saturated rings. The van der Waals surface area contributed by atoms with E-state index in [2.05, 4.69) is 0 Å². The van der Waals surface area contributed by atoms with Crippen LogP contribution in [0.2, 0.25) is 0 Å². The van der Waals surface area contributed by atoms with Crippen LogP contribution in [-0.4, -0.2) is 44.2 Å². The predicted octanol–water partition coefficient (Wildman–Crippen LogP) is 0.549. The Morgan fingerprint density at radius 3 is 2.56 bits per heavy atom. The molecule has 0 aromatic heterocycles. The van der Waals surface area contributed by atoms with E-state index in [1.54, 1.807) is 13.8 Å². The molecule has 0 unspecified atom stereocenters. The maximum Gasteiger partial charge on any atom is 0.312 e. The molecule has 0 heterocycles. The molecule has 1 aliphatic rings. The maximum atomic E-state index is 11.4. The Morgan fingerprint density at radius 2 is 2.12 bits per heavy atom. The van der Waals surface area contributed by atoms with Crippen molar-refractivity contribution in [2.45, 2.75) is 20.3 Å². The van der Waals surface area contributed by atoms with Crippen LogP contribution in [-0.2, 0) is 19.4 Å². The van der Waals surface area contributed by atoms with E-state index >= 15 is 0 Å². The lowest BCUT2D eigenvalue weighted by Gasteiger charge is -2.11. The number of ether oxygens (including phenoxy) is 1. The molecule has 0 spiro atoms. The lowest BCUT2D eigenvalue weighted by atomic mass is 10.1. The molecule has 0 aromatic carbocycles. The number of carbonyl (C=O) groups is 1. The molecule has 0 amide bonds. The highest BCUT2D eigenvalue weighted by Gasteiger charge is 2.61. The van der Waals surface area contributed by atoms with Gasteiger partial charge in [-0.05, 0) is 19.3 Å². The second kappa shape index (κ2) is 4.71. The van der Waals surface area contributed by atoms with E-state index in [4.69, 9.17) is 9.84 Å². The summed E-state index contributed by atoms with van der Waals surface area (Å²) in [4.78, 5) is 11.1. The number of carboxylic acid groups (broad SMARTS) is 1. The first kappa shape index (κ1) is 13.4. The highest BCUT2D eigenvalue weighted by molar-refractivity contribution is 7.91. The van der Waals surface area contributed by atoms with Crippen LogP contribution in [0.1, 0.15) is 20.3 Å². The summed E-state index contributed by atoms with van der Waals surface area (Å²) in [5.41, 5.74) is -0.960. The molecule has 0 radical (unpaired) electrons. The minimum Gasteiger partial charge on any atom is -0.481 e. The van der Waals surface area contributed by atoms with E-state index in [0.717, 1.165) is 0 Å². The molecule has 1 aliphatic carbocycles. The van der Waals surface area contributed by atoms with Gasteiger partial charge in [-0.3, -0.25) is 4.79 Å². The van der Waals surface area contributed by atoms with Gasteiger partial charge >= 0.3 is 5.97 Å². The van der Waals surface area contributed by atoms with E-state index < -0.39 is 21.2 Å². The highest BCUT2D eigenvalue weighted by atomic mass is 32.2. The van der Waals surface area contributed by atoms with Gasteiger partial charge < -0.3 is 9.84 Å². The Morgan fingerprint density at radius 1 is 1.50 bits per heavy atom. The average molecular weight is 250 g/mol. The van der Waals surface area contributed by atoms with Crippen molar-refractivity contribution in [1.29, 1.82) is 0 Å². The number of aliphatic carboxylic acids is 1. The molecular weight excluding hydrogens is 232 g/mol. The summed E-state index contributed by atoms with van der Waals surface area (Å²) < 4.78 is 27.9. The first-order chi connectivity index (χ1) is 7.38. The van der Waals surface area contributed by atoms with Gasteiger partial charge in [0.25, 0.3) is 0 Å². The predicted molar refractivity (Wildman–Crippen MR) is 59.0 cm³/mol. The fourth-order valence-electron chi connectivity index (χ4n) is 1.81. The molecule has 1 N–H and O–H groups in total. The quantitative estimate of drug-likeness (QED) is 0.713. The lowest BCUT2D eigenvalue weighted by molar-refractivity contribution is -0.146. The van der Waals surface area contributed by atoms with Gasteiger partial charge in [0.05, 0.1) is 17.8 Å². The van der Waals surface area contributed by atoms with E-state index in [9.17, 15) is 13.2 Å². The van der Waals surface area contributed by atoms with E-state index in [-0.39, 0.29) is 24.0 Å². The Bertz CT molecular complexity index is 361. The van der Waals surface area contributed by atoms with Crippen LogP contribution < -0.4 is 0 Å². The number of hydrogen-bond acceptors (Lipinski definition) is 4. The van der Waals surface area contributed by atoms with Gasteiger partial charge in [0, 0.05) is 12.4 Å². The molecule has 0 saturated heterocycles. The zero-order valence-corrected chi connectivity index (χ0v) is 10.4. The topological polar surface area (TPSA) is 80.7 Å². The van der Waals surface area contributed by atoms with Crippen LogP contribution >= 0.6 is 0 Å². The maximum absolute atomic E-state index is 11.4. The van der Waals surface area contributed by atoms with Crippen LogP contribution in [0.25, 0.3) is 0 Å². The fourth-order valence-corrected chi connectivity index (χ4v) is 3.09. The number of carboxylic acids is 1. The molecule has 5 nitrogen and oxygen atoms in total. The molecule has 94 valence electrons. The molecule has 1 saturated carbocycles. The fraction of sp³-hybridized carbons (Fsp3) is 0.900. The van der Waals surface area contributed by atoms with Gasteiger partial charge in [-0.25, -0.2) is 8.42 Å². The van der Waals surface area contributed by atoms with Crippen molar-refractivity contribution < 1.29 is 23.1 Å². The number of rotatable bonds is 7. The number of sulfone groups is 1. The third-order valence-corrected chi connectivity index (χ3v) is 4.91. The minimum absolute atomic E-state index is 0.0388. The van der Waals surface area contributed by atoms with Crippen LogP contribution in [0.5, 0.6) is 0 Å². The summed E-state index contributed by atoms with van der Waals surface area (Å²) in [7, 11) is -3.10. The summed E-state index contributed by atoms with van der Waals surface area (Å²) >= 11 is 0. The first-order valence-corrected chi connectivity index (χ1v) is 7.21. The Labute approximate surface area is 95.7 Å². The van der Waals surface area contributed by atoms with Crippen molar-refractivity contribution in [3.05, 3.63) is 0 Å². The molecule has 1 rings (SSSR count). The third-order valence-electron chi connectivity index (χ3n) is 3.12. The van der Waals surface area contributed by atoms with Crippen LogP contribution in [0.15, 0.2) is 0 Å². The van der Waals surface area contributed by atoms with Crippen molar-refractivity contribution in [2.75, 3.05) is 24.7 Å². The molecule has 0 aromatic rings. The Balaban J connectivity index is 2.64. The molecule has 6 heteroatoms. The highest BCUT2D eigenvalue weighted by Crippen LogP contribution is 2.53. The lowest BCUT2D eigenvalue weighted by Crippen LogP contribution is -2.26. The summed E-state index contributed by atoms with van der Waals surface area (Å²) in [6.07, 6.45) is 0.404. The Hall–Kier alpha value is -0.620. The zero-order valence-electron chi connectivity index (χ0n) is 9.60. The van der Waals surface area contributed by atoms with E-state index in [1.165, 1.54) is 0 Å². The molecule has 0 bridgehead atoms. The first-order valence-electron chi connectivity index (χ1n) is 5.39. The van der Waals surface area contributed by atoms with E-state index in [1.807, 2.05) is 0 Å². The van der Waals surface area contributed by atoms with Crippen molar-refractivity contribution in [2.24, 2.45) is 11.3 Å². The van der Waals surface area contributed by atoms with Gasteiger partial charge in [-0.2, -0.15) is 0 Å². The summed E-state index contributed by atoms with van der Waals surface area (Å²) in [5.74, 6) is -1.21. The SMILES string of the molecule is CCOC[C@]1(C(=O)O)C[C@@H]1CS(=O)(=O)CC. The van der Waals surface area contributed by atoms with Crippen molar-refractivity contribution in [3.63, 3.8) is 0 Å². The average Bonchev–Trinajstić information content (AvgIpc) is 2.89. The van der Waals surface area contributed by atoms with Gasteiger partial charge in [0.2, 0.25) is 0 Å². The molecule has 0 aliphatic heterocycles. The van der Waals surface area contributed by atoms with Crippen LogP contribution in [0.3, 0.4) is 0 Å². The third kappa shape index (κ3) is 2.74. The summed E-state index contributed by atoms with van der Waals surface area (Å²) in [6, 6.07) is 0. The monoisotopic (exact) mass is 250 g/mol. The molecule has 16 heavy (non-hydrogen) atoms. The van der Waals surface area contributed by atoms with Crippen molar-refractivity contribution in [3.8, 4) is 0 Å². The zero-order chi connectivity index (χ0) is 12.4. The summed E-state index contributed by atoms with van der Waals surface area (Å²) in [6.45, 7) is 3.92. The largest absolute Gasteiger partial charge is 0.481 e. The van der Waals surface area contributed by atoms with Gasteiger partial charge in [-0.1, -0.05) is 6.92 Å². The van der Waals surface area contributed by atoms with Crippen molar-refractivity contribution in [1.82, 2.24) is 0 Å². The Kier molecular flexibility index (Phi) is 3.96. The second-order valence-corrected chi connectivity index (χ2v) is 6.60. The van der Waals surface area contributed by atoms with Crippen LogP contribution in [0.4, 0.5) is 0 Å². The minimum atomic E-state index is -3.10. The smallest absolute Gasteiger partial charge is 0.312 e.